The first-order valence-corrected chi connectivity index (χ1v) is 4.85. The molecule has 2 nitrogen and oxygen atoms in total. The molecule has 0 amide bonds. The van der Waals surface area contributed by atoms with Crippen LogP contribution in [0.15, 0.2) is 48.5 Å². The summed E-state index contributed by atoms with van der Waals surface area (Å²) in [6.07, 6.45) is 0. The Balaban J connectivity index is 0.000000160. The molecule has 0 spiro atoms. The van der Waals surface area contributed by atoms with E-state index in [2.05, 4.69) is 0 Å². The van der Waals surface area contributed by atoms with E-state index in [1.54, 1.807) is 30.3 Å². The van der Waals surface area contributed by atoms with Gasteiger partial charge in [0, 0.05) is 5.02 Å². The van der Waals surface area contributed by atoms with Crippen LogP contribution < -0.4 is 0 Å². The van der Waals surface area contributed by atoms with Gasteiger partial charge in [0.05, 0.1) is 0 Å². The molecule has 0 aromatic heterocycles. The van der Waals surface area contributed by atoms with Crippen molar-refractivity contribution < 1.29 is 14.6 Å². The van der Waals surface area contributed by atoms with Crippen LogP contribution in [-0.4, -0.2) is 10.2 Å². The molecule has 0 saturated heterocycles. The molecule has 0 aliphatic heterocycles. The van der Waals surface area contributed by atoms with E-state index in [1.807, 2.05) is 0 Å². The van der Waals surface area contributed by atoms with Gasteiger partial charge in [0.1, 0.15) is 5.75 Å². The number of benzene rings is 2. The van der Waals surface area contributed by atoms with Crippen LogP contribution in [-0.2, 0) is 0 Å². The predicted molar refractivity (Wildman–Crippen MR) is 61.2 cm³/mol. The summed E-state index contributed by atoms with van der Waals surface area (Å²) in [6, 6.07) is 12.0. The molecule has 2 N–H and O–H groups in total. The number of halogens is 2. The Morgan fingerprint density at radius 3 is 1.81 bits per heavy atom. The number of phenols is 2. The maximum atomic E-state index is 12.1. The number of hydrogen-bond donors (Lipinski definition) is 2. The first kappa shape index (κ1) is 12.3. The van der Waals surface area contributed by atoms with Gasteiger partial charge in [-0.1, -0.05) is 23.7 Å². The van der Waals surface area contributed by atoms with E-state index in [1.165, 1.54) is 18.2 Å². The SMILES string of the molecule is Oc1ccc(Cl)cc1.Oc1ccccc1F. The largest absolute Gasteiger partial charge is 0.508 e. The number of hydrogen-bond acceptors (Lipinski definition) is 2. The Hall–Kier alpha value is -1.74. The molecule has 4 heteroatoms. The third-order valence-corrected chi connectivity index (χ3v) is 1.93. The summed E-state index contributed by atoms with van der Waals surface area (Å²) in [4.78, 5) is 0. The minimum atomic E-state index is -0.576. The highest BCUT2D eigenvalue weighted by Gasteiger charge is 1.92. The highest BCUT2D eigenvalue weighted by atomic mass is 35.5. The lowest BCUT2D eigenvalue weighted by Gasteiger charge is -1.88. The first-order valence-electron chi connectivity index (χ1n) is 4.47. The summed E-state index contributed by atoms with van der Waals surface area (Å²) in [7, 11) is 0. The second-order valence-electron chi connectivity index (χ2n) is 2.93. The summed E-state index contributed by atoms with van der Waals surface area (Å²) in [5.41, 5.74) is 0. The van der Waals surface area contributed by atoms with Crippen LogP contribution in [0.2, 0.25) is 5.02 Å². The molecule has 0 fully saturated rings. The molecule has 0 bridgehead atoms. The lowest BCUT2D eigenvalue weighted by molar-refractivity contribution is 0.432. The van der Waals surface area contributed by atoms with Crippen molar-refractivity contribution in [2.24, 2.45) is 0 Å². The van der Waals surface area contributed by atoms with Gasteiger partial charge in [0.25, 0.3) is 0 Å². The van der Waals surface area contributed by atoms with Crippen molar-refractivity contribution in [3.8, 4) is 11.5 Å². The molecule has 0 unspecified atom stereocenters. The molecule has 0 atom stereocenters. The van der Waals surface area contributed by atoms with Crippen LogP contribution in [0.1, 0.15) is 0 Å². The van der Waals surface area contributed by atoms with E-state index < -0.39 is 5.82 Å². The molecule has 0 aliphatic rings. The van der Waals surface area contributed by atoms with Crippen molar-refractivity contribution in [2.45, 2.75) is 0 Å². The molecular formula is C12H10ClFO2. The molecule has 0 radical (unpaired) electrons. The minimum Gasteiger partial charge on any atom is -0.508 e. The Morgan fingerprint density at radius 2 is 1.44 bits per heavy atom. The molecule has 84 valence electrons. The molecular weight excluding hydrogens is 231 g/mol. The van der Waals surface area contributed by atoms with Gasteiger partial charge in [0.2, 0.25) is 0 Å². The van der Waals surface area contributed by atoms with Crippen molar-refractivity contribution in [1.29, 1.82) is 0 Å². The summed E-state index contributed by atoms with van der Waals surface area (Å²) in [5.74, 6) is -0.630. The average molecular weight is 241 g/mol. The average Bonchev–Trinajstić information content (AvgIpc) is 2.28. The third-order valence-electron chi connectivity index (χ3n) is 1.68. The van der Waals surface area contributed by atoms with E-state index in [0.717, 1.165) is 0 Å². The van der Waals surface area contributed by atoms with E-state index >= 15 is 0 Å². The van der Waals surface area contributed by atoms with E-state index in [9.17, 15) is 4.39 Å². The Morgan fingerprint density at radius 1 is 0.875 bits per heavy atom. The molecule has 0 aliphatic carbocycles. The Bertz CT molecular complexity index is 401. The zero-order chi connectivity index (χ0) is 12.0. The van der Waals surface area contributed by atoms with Gasteiger partial charge >= 0.3 is 0 Å². The third kappa shape index (κ3) is 4.19. The number of rotatable bonds is 0. The Kier molecular flexibility index (Phi) is 4.61. The second-order valence-corrected chi connectivity index (χ2v) is 3.36. The van der Waals surface area contributed by atoms with Gasteiger partial charge in [-0.25, -0.2) is 4.39 Å². The highest BCUT2D eigenvalue weighted by Crippen LogP contribution is 2.13. The zero-order valence-corrected chi connectivity index (χ0v) is 9.03. The number of phenolic OH excluding ortho intramolecular Hbond substituents is 2. The van der Waals surface area contributed by atoms with Crippen LogP contribution in [0, 0.1) is 5.82 Å². The van der Waals surface area contributed by atoms with Crippen LogP contribution in [0.5, 0.6) is 11.5 Å². The minimum absolute atomic E-state index is 0.245. The van der Waals surface area contributed by atoms with Crippen molar-refractivity contribution in [2.75, 3.05) is 0 Å². The maximum absolute atomic E-state index is 12.1. The highest BCUT2D eigenvalue weighted by molar-refractivity contribution is 6.30. The maximum Gasteiger partial charge on any atom is 0.164 e. The first-order chi connectivity index (χ1) is 7.59. The van der Waals surface area contributed by atoms with Crippen molar-refractivity contribution in [3.05, 3.63) is 59.4 Å². The van der Waals surface area contributed by atoms with Gasteiger partial charge in [-0.15, -0.1) is 0 Å². The van der Waals surface area contributed by atoms with E-state index in [-0.39, 0.29) is 11.5 Å². The van der Waals surface area contributed by atoms with Crippen molar-refractivity contribution in [3.63, 3.8) is 0 Å². The van der Waals surface area contributed by atoms with Crippen molar-refractivity contribution >= 4 is 11.6 Å². The second kappa shape index (κ2) is 5.98. The quantitative estimate of drug-likeness (QED) is 0.739. The number of para-hydroxylation sites is 1. The summed E-state index contributed by atoms with van der Waals surface area (Å²) < 4.78 is 12.1. The summed E-state index contributed by atoms with van der Waals surface area (Å²) >= 11 is 5.50. The summed E-state index contributed by atoms with van der Waals surface area (Å²) in [6.45, 7) is 0. The fourth-order valence-electron chi connectivity index (χ4n) is 0.893. The molecule has 0 saturated carbocycles. The van der Waals surface area contributed by atoms with Crippen molar-refractivity contribution in [1.82, 2.24) is 0 Å². The lowest BCUT2D eigenvalue weighted by atomic mass is 10.3. The van der Waals surface area contributed by atoms with Crippen LogP contribution in [0.3, 0.4) is 0 Å². The van der Waals surface area contributed by atoms with Gasteiger partial charge in [-0.3, -0.25) is 0 Å². The van der Waals surface area contributed by atoms with Gasteiger partial charge < -0.3 is 10.2 Å². The smallest absolute Gasteiger partial charge is 0.164 e. The normalized spacial score (nSPS) is 9.12. The van der Waals surface area contributed by atoms with Crippen LogP contribution in [0.25, 0.3) is 0 Å². The fraction of sp³-hybridized carbons (Fsp3) is 0. The standard InChI is InChI=1S/C6H5ClO.C6H5FO/c7-5-1-3-6(8)4-2-5;7-5-3-1-2-4-6(5)8/h2*1-4,8H. The molecule has 2 aromatic carbocycles. The monoisotopic (exact) mass is 240 g/mol. The zero-order valence-electron chi connectivity index (χ0n) is 8.27. The van der Waals surface area contributed by atoms with Gasteiger partial charge in [0.15, 0.2) is 11.6 Å². The topological polar surface area (TPSA) is 40.5 Å². The Labute approximate surface area is 97.6 Å². The van der Waals surface area contributed by atoms with E-state index in [0.29, 0.717) is 5.02 Å². The number of aromatic hydroxyl groups is 2. The van der Waals surface area contributed by atoms with E-state index in [4.69, 9.17) is 21.8 Å². The predicted octanol–water partition coefficient (Wildman–Crippen LogP) is 3.58. The fourth-order valence-corrected chi connectivity index (χ4v) is 1.02. The van der Waals surface area contributed by atoms with Crippen LogP contribution in [0.4, 0.5) is 4.39 Å². The molecule has 16 heavy (non-hydrogen) atoms. The van der Waals surface area contributed by atoms with Gasteiger partial charge in [-0.2, -0.15) is 0 Å². The molecule has 0 heterocycles. The molecule has 2 rings (SSSR count). The lowest BCUT2D eigenvalue weighted by Crippen LogP contribution is -1.70. The summed E-state index contributed by atoms with van der Waals surface area (Å²) in [5, 5.41) is 17.9. The van der Waals surface area contributed by atoms with Gasteiger partial charge in [-0.05, 0) is 36.4 Å². The molecule has 2 aromatic rings. The van der Waals surface area contributed by atoms with Crippen LogP contribution >= 0.6 is 11.6 Å².